The van der Waals surface area contributed by atoms with E-state index in [-0.39, 0.29) is 11.9 Å². The Morgan fingerprint density at radius 3 is 2.19 bits per heavy atom. The van der Waals surface area contributed by atoms with E-state index in [1.54, 1.807) is 12.1 Å². The second kappa shape index (κ2) is 4.54. The molecule has 0 spiro atoms. The summed E-state index contributed by atoms with van der Waals surface area (Å²) < 4.78 is 13.2. The number of aryl methyl sites for hydroxylation is 2. The molecule has 1 saturated carbocycles. The lowest BCUT2D eigenvalue weighted by atomic mass is 9.87. The molecule has 0 aromatic heterocycles. The highest BCUT2D eigenvalue weighted by molar-refractivity contribution is 5.37. The maximum Gasteiger partial charge on any atom is 0.123 e. The maximum atomic E-state index is 13.2. The van der Waals surface area contributed by atoms with Crippen molar-refractivity contribution in [2.75, 3.05) is 0 Å². The summed E-state index contributed by atoms with van der Waals surface area (Å²) >= 11 is 0. The molecule has 1 atom stereocenters. The number of hydrogen-bond donors (Lipinski definition) is 1. The number of nitrogens with two attached hydrogens (primary N) is 1. The van der Waals surface area contributed by atoms with Crippen molar-refractivity contribution in [1.82, 2.24) is 0 Å². The molecule has 0 radical (unpaired) electrons. The fourth-order valence-corrected chi connectivity index (χ4v) is 3.00. The van der Waals surface area contributed by atoms with Crippen LogP contribution in [0.4, 0.5) is 4.39 Å². The van der Waals surface area contributed by atoms with Crippen LogP contribution in [-0.2, 0) is 0 Å². The smallest absolute Gasteiger partial charge is 0.123 e. The first-order valence-electron chi connectivity index (χ1n) is 6.12. The highest BCUT2D eigenvalue weighted by atomic mass is 19.1. The van der Waals surface area contributed by atoms with Crippen LogP contribution in [0.15, 0.2) is 12.1 Å². The van der Waals surface area contributed by atoms with Gasteiger partial charge in [-0.2, -0.15) is 0 Å². The molecule has 1 aliphatic carbocycles. The quantitative estimate of drug-likeness (QED) is 0.810. The summed E-state index contributed by atoms with van der Waals surface area (Å²) in [7, 11) is 0. The van der Waals surface area contributed by atoms with Crippen LogP contribution in [0.5, 0.6) is 0 Å². The van der Waals surface area contributed by atoms with Gasteiger partial charge in [-0.05, 0) is 61.4 Å². The van der Waals surface area contributed by atoms with E-state index in [1.165, 1.54) is 25.7 Å². The van der Waals surface area contributed by atoms with Gasteiger partial charge in [0.25, 0.3) is 0 Å². The second-order valence-electron chi connectivity index (χ2n) is 5.02. The van der Waals surface area contributed by atoms with Crippen LogP contribution in [0.25, 0.3) is 0 Å². The topological polar surface area (TPSA) is 26.0 Å². The minimum absolute atomic E-state index is 0.0862. The van der Waals surface area contributed by atoms with Gasteiger partial charge in [0.15, 0.2) is 0 Å². The fraction of sp³-hybridized carbons (Fsp3) is 0.571. The van der Waals surface area contributed by atoms with Crippen LogP contribution in [0.3, 0.4) is 0 Å². The Bertz CT molecular complexity index is 357. The highest BCUT2D eigenvalue weighted by Crippen LogP contribution is 2.36. The molecule has 88 valence electrons. The first-order chi connectivity index (χ1) is 7.59. The number of hydrogen-bond acceptors (Lipinski definition) is 1. The van der Waals surface area contributed by atoms with E-state index in [4.69, 9.17) is 5.73 Å². The lowest BCUT2D eigenvalue weighted by Crippen LogP contribution is -2.21. The van der Waals surface area contributed by atoms with Gasteiger partial charge >= 0.3 is 0 Å². The lowest BCUT2D eigenvalue weighted by Gasteiger charge is -2.23. The van der Waals surface area contributed by atoms with Crippen molar-refractivity contribution in [2.24, 2.45) is 11.7 Å². The van der Waals surface area contributed by atoms with Gasteiger partial charge in [-0.25, -0.2) is 4.39 Å². The van der Waals surface area contributed by atoms with Crippen LogP contribution in [0, 0.1) is 25.6 Å². The average molecular weight is 221 g/mol. The zero-order valence-corrected chi connectivity index (χ0v) is 10.1. The fourth-order valence-electron chi connectivity index (χ4n) is 3.00. The first kappa shape index (κ1) is 11.6. The summed E-state index contributed by atoms with van der Waals surface area (Å²) in [6, 6.07) is 3.27. The van der Waals surface area contributed by atoms with Crippen molar-refractivity contribution in [3.63, 3.8) is 0 Å². The van der Waals surface area contributed by atoms with Crippen molar-refractivity contribution >= 4 is 0 Å². The van der Waals surface area contributed by atoms with Gasteiger partial charge in [-0.3, -0.25) is 0 Å². The first-order valence-corrected chi connectivity index (χ1v) is 6.12. The van der Waals surface area contributed by atoms with Crippen molar-refractivity contribution < 1.29 is 4.39 Å². The van der Waals surface area contributed by atoms with E-state index in [0.29, 0.717) is 5.92 Å². The van der Waals surface area contributed by atoms with Crippen molar-refractivity contribution in [2.45, 2.75) is 45.6 Å². The summed E-state index contributed by atoms with van der Waals surface area (Å²) in [5.41, 5.74) is 9.48. The molecule has 16 heavy (non-hydrogen) atoms. The molecule has 1 fully saturated rings. The van der Waals surface area contributed by atoms with Crippen LogP contribution < -0.4 is 5.73 Å². The van der Waals surface area contributed by atoms with E-state index >= 15 is 0 Å². The van der Waals surface area contributed by atoms with E-state index in [2.05, 4.69) is 0 Å². The normalized spacial score (nSPS) is 19.0. The minimum atomic E-state index is -0.155. The van der Waals surface area contributed by atoms with Gasteiger partial charge in [0.05, 0.1) is 0 Å². The largest absolute Gasteiger partial charge is 0.324 e. The molecule has 2 heteroatoms. The third kappa shape index (κ3) is 2.12. The predicted octanol–water partition coefficient (Wildman–Crippen LogP) is 3.63. The number of rotatable bonds is 2. The van der Waals surface area contributed by atoms with Crippen LogP contribution in [0.1, 0.15) is 48.4 Å². The lowest BCUT2D eigenvalue weighted by molar-refractivity contribution is 0.441. The standard InChI is InChI=1S/C14H20FN/c1-9-7-12(15)8-10(2)13(9)14(16)11-5-3-4-6-11/h7-8,11,14H,3-6,16H2,1-2H3. The molecule has 0 amide bonds. The molecule has 0 heterocycles. The summed E-state index contributed by atoms with van der Waals surface area (Å²) in [4.78, 5) is 0. The molecule has 1 aromatic carbocycles. The Morgan fingerprint density at radius 2 is 1.69 bits per heavy atom. The highest BCUT2D eigenvalue weighted by Gasteiger charge is 2.25. The summed E-state index contributed by atoms with van der Waals surface area (Å²) in [5.74, 6) is 0.431. The van der Waals surface area contributed by atoms with Gasteiger partial charge in [-0.15, -0.1) is 0 Å². The average Bonchev–Trinajstić information content (AvgIpc) is 2.67. The number of benzene rings is 1. The third-order valence-corrected chi connectivity index (χ3v) is 3.80. The molecule has 2 rings (SSSR count). The van der Waals surface area contributed by atoms with Crippen molar-refractivity contribution in [3.05, 3.63) is 34.6 Å². The molecule has 0 bridgehead atoms. The van der Waals surface area contributed by atoms with Crippen LogP contribution in [-0.4, -0.2) is 0 Å². The van der Waals surface area contributed by atoms with Gasteiger partial charge in [0.1, 0.15) is 5.82 Å². The zero-order valence-electron chi connectivity index (χ0n) is 10.1. The molecule has 2 N–H and O–H groups in total. The second-order valence-corrected chi connectivity index (χ2v) is 5.02. The monoisotopic (exact) mass is 221 g/mol. The SMILES string of the molecule is Cc1cc(F)cc(C)c1C(N)C1CCCC1. The minimum Gasteiger partial charge on any atom is -0.324 e. The van der Waals surface area contributed by atoms with E-state index in [9.17, 15) is 4.39 Å². The Labute approximate surface area is 96.9 Å². The van der Waals surface area contributed by atoms with Crippen molar-refractivity contribution in [3.8, 4) is 0 Å². The van der Waals surface area contributed by atoms with E-state index in [0.717, 1.165) is 16.7 Å². The molecule has 1 nitrogen and oxygen atoms in total. The summed E-state index contributed by atoms with van der Waals surface area (Å²) in [5, 5.41) is 0. The van der Waals surface area contributed by atoms with Gasteiger partial charge in [-0.1, -0.05) is 12.8 Å². The maximum absolute atomic E-state index is 13.2. The van der Waals surface area contributed by atoms with Crippen LogP contribution in [0.2, 0.25) is 0 Å². The molecule has 0 aliphatic heterocycles. The molecule has 1 unspecified atom stereocenters. The van der Waals surface area contributed by atoms with Gasteiger partial charge < -0.3 is 5.73 Å². The molecule has 0 saturated heterocycles. The zero-order chi connectivity index (χ0) is 11.7. The van der Waals surface area contributed by atoms with Gasteiger partial charge in [0, 0.05) is 6.04 Å². The Balaban J connectivity index is 2.31. The Morgan fingerprint density at radius 1 is 1.19 bits per heavy atom. The van der Waals surface area contributed by atoms with Crippen molar-refractivity contribution in [1.29, 1.82) is 0 Å². The number of halogens is 1. The third-order valence-electron chi connectivity index (χ3n) is 3.80. The predicted molar refractivity (Wildman–Crippen MR) is 64.8 cm³/mol. The Kier molecular flexibility index (Phi) is 3.29. The molecular weight excluding hydrogens is 201 g/mol. The van der Waals surface area contributed by atoms with E-state index < -0.39 is 0 Å². The molecule has 1 aromatic rings. The summed E-state index contributed by atoms with van der Waals surface area (Å²) in [6.07, 6.45) is 5.02. The molecular formula is C14H20FN. The van der Waals surface area contributed by atoms with Gasteiger partial charge in [0.2, 0.25) is 0 Å². The van der Waals surface area contributed by atoms with E-state index in [1.807, 2.05) is 13.8 Å². The Hall–Kier alpha value is -0.890. The molecule has 1 aliphatic rings. The summed E-state index contributed by atoms with van der Waals surface area (Å²) in [6.45, 7) is 3.92. The van der Waals surface area contributed by atoms with Crippen LogP contribution >= 0.6 is 0 Å².